The van der Waals surface area contributed by atoms with Gasteiger partial charge in [-0.25, -0.2) is 0 Å². The van der Waals surface area contributed by atoms with E-state index in [9.17, 15) is 9.59 Å². The number of rotatable bonds is 5. The molecule has 26 heavy (non-hydrogen) atoms. The van der Waals surface area contributed by atoms with Crippen LogP contribution in [0.15, 0.2) is 24.3 Å². The minimum absolute atomic E-state index is 0.0796. The second kappa shape index (κ2) is 8.64. The molecule has 1 aromatic rings. The average Bonchev–Trinajstić information content (AvgIpc) is 2.58. The first-order chi connectivity index (χ1) is 12.5. The zero-order valence-corrected chi connectivity index (χ0v) is 15.7. The van der Waals surface area contributed by atoms with E-state index in [1.54, 1.807) is 4.90 Å². The van der Waals surface area contributed by atoms with Gasteiger partial charge in [0.15, 0.2) is 0 Å². The molecule has 2 aliphatic heterocycles. The summed E-state index contributed by atoms with van der Waals surface area (Å²) in [4.78, 5) is 28.4. The van der Waals surface area contributed by atoms with Crippen LogP contribution in [0.3, 0.4) is 0 Å². The first kappa shape index (κ1) is 18.9. The Morgan fingerprint density at radius 1 is 1.19 bits per heavy atom. The van der Waals surface area contributed by atoms with Gasteiger partial charge in [-0.3, -0.25) is 14.5 Å². The summed E-state index contributed by atoms with van der Waals surface area (Å²) in [6, 6.07) is 7.90. The molecule has 0 radical (unpaired) electrons. The lowest BCUT2D eigenvalue weighted by atomic mass is 10.1. The quantitative estimate of drug-likeness (QED) is 0.876. The van der Waals surface area contributed by atoms with Gasteiger partial charge in [0.1, 0.15) is 0 Å². The van der Waals surface area contributed by atoms with Gasteiger partial charge in [-0.05, 0) is 38.3 Å². The topological polar surface area (TPSA) is 61.9 Å². The van der Waals surface area contributed by atoms with Crippen LogP contribution in [-0.2, 0) is 20.9 Å². The lowest BCUT2D eigenvalue weighted by Gasteiger charge is -2.35. The number of anilines is 1. The van der Waals surface area contributed by atoms with Crippen molar-refractivity contribution in [2.45, 2.75) is 51.9 Å². The Labute approximate surface area is 155 Å². The highest BCUT2D eigenvalue weighted by Crippen LogP contribution is 2.20. The molecule has 1 aromatic carbocycles. The zero-order chi connectivity index (χ0) is 18.5. The third kappa shape index (κ3) is 5.05. The number of morpholine rings is 1. The number of ether oxygens (including phenoxy) is 1. The summed E-state index contributed by atoms with van der Waals surface area (Å²) < 4.78 is 5.79. The van der Waals surface area contributed by atoms with Crippen LogP contribution in [0.25, 0.3) is 0 Å². The molecule has 0 aliphatic carbocycles. The fourth-order valence-electron chi connectivity index (χ4n) is 3.83. The molecule has 2 unspecified atom stereocenters. The molecule has 1 N–H and O–H groups in total. The van der Waals surface area contributed by atoms with Crippen molar-refractivity contribution in [3.63, 3.8) is 0 Å². The molecule has 3 rings (SSSR count). The van der Waals surface area contributed by atoms with Crippen LogP contribution in [0.5, 0.6) is 0 Å². The SMILES string of the molecule is CC1CN(Cc2ccccc2NC(=O)CN2CCCCC2=O)CC(C)O1. The maximum absolute atomic E-state index is 12.4. The number of amides is 2. The molecule has 142 valence electrons. The number of carbonyl (C=O) groups is 2. The van der Waals surface area contributed by atoms with Crippen LogP contribution in [0, 0.1) is 0 Å². The summed E-state index contributed by atoms with van der Waals surface area (Å²) in [5.41, 5.74) is 1.92. The highest BCUT2D eigenvalue weighted by atomic mass is 16.5. The number of piperidine rings is 1. The van der Waals surface area contributed by atoms with Gasteiger partial charge < -0.3 is 15.0 Å². The van der Waals surface area contributed by atoms with Gasteiger partial charge in [-0.1, -0.05) is 18.2 Å². The number of likely N-dealkylation sites (tertiary alicyclic amines) is 1. The fourth-order valence-corrected chi connectivity index (χ4v) is 3.83. The summed E-state index contributed by atoms with van der Waals surface area (Å²) in [6.07, 6.45) is 2.88. The molecule has 0 bridgehead atoms. The third-order valence-corrected chi connectivity index (χ3v) is 4.94. The number of nitrogens with zero attached hydrogens (tertiary/aromatic N) is 2. The van der Waals surface area contributed by atoms with Crippen LogP contribution in [0.1, 0.15) is 38.7 Å². The minimum Gasteiger partial charge on any atom is -0.373 e. The van der Waals surface area contributed by atoms with Crippen LogP contribution in [0.4, 0.5) is 5.69 Å². The van der Waals surface area contributed by atoms with E-state index in [1.807, 2.05) is 24.3 Å². The Morgan fingerprint density at radius 2 is 1.92 bits per heavy atom. The maximum Gasteiger partial charge on any atom is 0.244 e. The van der Waals surface area contributed by atoms with E-state index in [-0.39, 0.29) is 30.6 Å². The summed E-state index contributed by atoms with van der Waals surface area (Å²) in [5, 5.41) is 3.00. The lowest BCUT2D eigenvalue weighted by molar-refractivity contribution is -0.136. The van der Waals surface area contributed by atoms with Crippen molar-refractivity contribution in [2.75, 3.05) is 31.5 Å². The Bertz CT molecular complexity index is 639. The van der Waals surface area contributed by atoms with Gasteiger partial charge in [0.2, 0.25) is 11.8 Å². The van der Waals surface area contributed by atoms with Crippen molar-refractivity contribution in [3.05, 3.63) is 29.8 Å². The van der Waals surface area contributed by atoms with E-state index in [0.717, 1.165) is 43.7 Å². The summed E-state index contributed by atoms with van der Waals surface area (Å²) >= 11 is 0. The van der Waals surface area contributed by atoms with Crippen molar-refractivity contribution in [3.8, 4) is 0 Å². The van der Waals surface area contributed by atoms with Crippen LogP contribution in [-0.4, -0.2) is 60.0 Å². The zero-order valence-electron chi connectivity index (χ0n) is 15.7. The molecular formula is C20H29N3O3. The number of benzene rings is 1. The second-order valence-corrected chi connectivity index (χ2v) is 7.43. The predicted molar refractivity (Wildman–Crippen MR) is 101 cm³/mol. The average molecular weight is 359 g/mol. The van der Waals surface area contributed by atoms with Gasteiger partial charge in [-0.15, -0.1) is 0 Å². The summed E-state index contributed by atoms with van der Waals surface area (Å²) in [7, 11) is 0. The minimum atomic E-state index is -0.128. The summed E-state index contributed by atoms with van der Waals surface area (Å²) in [6.45, 7) is 7.54. The molecule has 0 spiro atoms. The summed E-state index contributed by atoms with van der Waals surface area (Å²) in [5.74, 6) is -0.0487. The fraction of sp³-hybridized carbons (Fsp3) is 0.600. The third-order valence-electron chi connectivity index (χ3n) is 4.94. The predicted octanol–water partition coefficient (Wildman–Crippen LogP) is 2.25. The van der Waals surface area contributed by atoms with Gasteiger partial charge in [0.25, 0.3) is 0 Å². The van der Waals surface area contributed by atoms with E-state index in [2.05, 4.69) is 24.1 Å². The van der Waals surface area contributed by atoms with E-state index >= 15 is 0 Å². The van der Waals surface area contributed by atoms with E-state index in [1.165, 1.54) is 0 Å². The van der Waals surface area contributed by atoms with E-state index in [4.69, 9.17) is 4.74 Å². The monoisotopic (exact) mass is 359 g/mol. The molecule has 0 saturated carbocycles. The largest absolute Gasteiger partial charge is 0.373 e. The molecule has 2 heterocycles. The van der Waals surface area contributed by atoms with E-state index < -0.39 is 0 Å². The molecule has 0 aromatic heterocycles. The number of hydrogen-bond acceptors (Lipinski definition) is 4. The van der Waals surface area contributed by atoms with Crippen molar-refractivity contribution >= 4 is 17.5 Å². The van der Waals surface area contributed by atoms with Gasteiger partial charge in [0.05, 0.1) is 18.8 Å². The molecular weight excluding hydrogens is 330 g/mol. The highest BCUT2D eigenvalue weighted by molar-refractivity contribution is 5.95. The first-order valence-electron chi connectivity index (χ1n) is 9.54. The smallest absolute Gasteiger partial charge is 0.244 e. The first-order valence-corrected chi connectivity index (χ1v) is 9.54. The van der Waals surface area contributed by atoms with Gasteiger partial charge in [-0.2, -0.15) is 0 Å². The van der Waals surface area contributed by atoms with Crippen LogP contribution in [0.2, 0.25) is 0 Å². The van der Waals surface area contributed by atoms with Crippen molar-refractivity contribution in [2.24, 2.45) is 0 Å². The molecule has 6 nitrogen and oxygen atoms in total. The van der Waals surface area contributed by atoms with Crippen molar-refractivity contribution in [1.82, 2.24) is 9.80 Å². The Balaban J connectivity index is 1.61. The molecule has 2 saturated heterocycles. The number of carbonyl (C=O) groups excluding carboxylic acids is 2. The molecule has 2 amide bonds. The lowest BCUT2D eigenvalue weighted by Crippen LogP contribution is -2.45. The molecule has 2 fully saturated rings. The number of para-hydroxylation sites is 1. The molecule has 2 aliphatic rings. The highest BCUT2D eigenvalue weighted by Gasteiger charge is 2.24. The molecule has 6 heteroatoms. The van der Waals surface area contributed by atoms with Crippen LogP contribution < -0.4 is 5.32 Å². The van der Waals surface area contributed by atoms with Gasteiger partial charge in [0, 0.05) is 38.3 Å². The van der Waals surface area contributed by atoms with Crippen molar-refractivity contribution in [1.29, 1.82) is 0 Å². The number of hydrogen-bond donors (Lipinski definition) is 1. The van der Waals surface area contributed by atoms with Crippen molar-refractivity contribution < 1.29 is 14.3 Å². The van der Waals surface area contributed by atoms with Crippen LogP contribution >= 0.6 is 0 Å². The normalized spacial score (nSPS) is 24.5. The Morgan fingerprint density at radius 3 is 2.65 bits per heavy atom. The van der Waals surface area contributed by atoms with Gasteiger partial charge >= 0.3 is 0 Å². The second-order valence-electron chi connectivity index (χ2n) is 7.43. The number of nitrogens with one attached hydrogen (secondary N) is 1. The van der Waals surface area contributed by atoms with E-state index in [0.29, 0.717) is 13.0 Å². The Kier molecular flexibility index (Phi) is 6.27. The molecule has 2 atom stereocenters. The maximum atomic E-state index is 12.4. The Hall–Kier alpha value is -1.92. The standard InChI is InChI=1S/C20H29N3O3/c1-15-11-22(12-16(2)26-15)13-17-7-3-4-8-18(17)21-19(24)14-23-10-6-5-9-20(23)25/h3-4,7-8,15-16H,5-6,9-14H2,1-2H3,(H,21,24).